The van der Waals surface area contributed by atoms with Crippen LogP contribution in [0.4, 0.5) is 0 Å². The lowest BCUT2D eigenvalue weighted by molar-refractivity contribution is -0.129. The fourth-order valence-corrected chi connectivity index (χ4v) is 2.30. The number of carbonyl (C=O) groups excluding carboxylic acids is 2. The van der Waals surface area contributed by atoms with Gasteiger partial charge in [-0.25, -0.2) is 0 Å². The van der Waals surface area contributed by atoms with E-state index in [1.54, 1.807) is 12.1 Å². The maximum atomic E-state index is 12.1. The number of ether oxygens (including phenoxy) is 1. The van der Waals surface area contributed by atoms with E-state index >= 15 is 0 Å². The maximum absolute atomic E-state index is 12.1. The Labute approximate surface area is 142 Å². The summed E-state index contributed by atoms with van der Waals surface area (Å²) in [5, 5.41) is 5.54. The molecule has 1 aromatic carbocycles. The molecule has 0 atom stereocenters. The second kappa shape index (κ2) is 8.86. The maximum Gasteiger partial charge on any atom is 0.251 e. The number of nitrogens with one attached hydrogen (secondary N) is 2. The van der Waals surface area contributed by atoms with Crippen LogP contribution in [-0.4, -0.2) is 43.7 Å². The lowest BCUT2D eigenvalue weighted by atomic mass is 9.90. The zero-order valence-corrected chi connectivity index (χ0v) is 14.1. The first-order valence-corrected chi connectivity index (χ1v) is 7.51. The van der Waals surface area contributed by atoms with Crippen molar-refractivity contribution in [2.45, 2.75) is 25.3 Å². The molecule has 0 saturated carbocycles. The highest BCUT2D eigenvalue weighted by atomic mass is 35.5. The molecule has 0 radical (unpaired) electrons. The summed E-state index contributed by atoms with van der Waals surface area (Å²) in [7, 11) is 0. The van der Waals surface area contributed by atoms with Crippen LogP contribution in [0.5, 0.6) is 0 Å². The molecule has 1 fully saturated rings. The monoisotopic (exact) mass is 341 g/mol. The van der Waals surface area contributed by atoms with Gasteiger partial charge in [-0.05, 0) is 31.9 Å². The number of halogens is 1. The fraction of sp³-hybridized carbons (Fsp3) is 0.500. The minimum Gasteiger partial charge on any atom is -0.381 e. The Morgan fingerprint density at radius 1 is 1.13 bits per heavy atom. The van der Waals surface area contributed by atoms with Gasteiger partial charge in [0.05, 0.1) is 5.54 Å². The van der Waals surface area contributed by atoms with Crippen molar-refractivity contribution < 1.29 is 14.3 Å². The van der Waals surface area contributed by atoms with Gasteiger partial charge in [0, 0.05) is 31.9 Å². The van der Waals surface area contributed by atoms with E-state index in [4.69, 9.17) is 10.5 Å². The number of amides is 2. The van der Waals surface area contributed by atoms with Crippen LogP contribution in [0.3, 0.4) is 0 Å². The van der Waals surface area contributed by atoms with Crippen molar-refractivity contribution in [2.24, 2.45) is 5.73 Å². The number of carbonyl (C=O) groups is 2. The molecule has 0 bridgehead atoms. The molecule has 0 aliphatic carbocycles. The molecule has 2 rings (SSSR count). The van der Waals surface area contributed by atoms with Crippen molar-refractivity contribution in [3.63, 3.8) is 0 Å². The van der Waals surface area contributed by atoms with Gasteiger partial charge in [0.15, 0.2) is 0 Å². The molecule has 1 aliphatic rings. The average molecular weight is 342 g/mol. The first kappa shape index (κ1) is 19.4. The van der Waals surface area contributed by atoms with E-state index in [1.807, 2.05) is 19.1 Å². The van der Waals surface area contributed by atoms with Crippen molar-refractivity contribution in [1.82, 2.24) is 10.6 Å². The van der Waals surface area contributed by atoms with Crippen molar-refractivity contribution in [3.05, 3.63) is 35.4 Å². The molecule has 1 aliphatic heterocycles. The van der Waals surface area contributed by atoms with Crippen molar-refractivity contribution in [3.8, 4) is 0 Å². The third-order valence-corrected chi connectivity index (χ3v) is 3.85. The Morgan fingerprint density at radius 2 is 1.70 bits per heavy atom. The topological polar surface area (TPSA) is 93.5 Å². The number of benzene rings is 1. The summed E-state index contributed by atoms with van der Waals surface area (Å²) < 4.78 is 5.21. The molecular formula is C16H24ClN3O3. The van der Waals surface area contributed by atoms with Gasteiger partial charge < -0.3 is 21.1 Å². The second-order valence-corrected chi connectivity index (χ2v) is 5.65. The summed E-state index contributed by atoms with van der Waals surface area (Å²) in [5.41, 5.74) is 6.94. The average Bonchev–Trinajstić information content (AvgIpc) is 2.52. The van der Waals surface area contributed by atoms with Crippen LogP contribution in [0.1, 0.15) is 28.8 Å². The number of nitrogens with two attached hydrogens (primary N) is 1. The van der Waals surface area contributed by atoms with E-state index in [-0.39, 0.29) is 24.2 Å². The number of hydrogen-bond donors (Lipinski definition) is 3. The van der Waals surface area contributed by atoms with E-state index < -0.39 is 5.54 Å². The Kier molecular flexibility index (Phi) is 7.48. The van der Waals surface area contributed by atoms with Gasteiger partial charge in [-0.15, -0.1) is 12.4 Å². The van der Waals surface area contributed by atoms with Crippen LogP contribution in [0.25, 0.3) is 0 Å². The Balaban J connectivity index is 0.00000264. The van der Waals surface area contributed by atoms with Crippen LogP contribution >= 0.6 is 12.4 Å². The molecule has 23 heavy (non-hydrogen) atoms. The van der Waals surface area contributed by atoms with E-state index in [2.05, 4.69) is 10.6 Å². The zero-order valence-electron chi connectivity index (χ0n) is 13.3. The fourth-order valence-electron chi connectivity index (χ4n) is 2.30. The van der Waals surface area contributed by atoms with E-state index in [1.165, 1.54) is 0 Å². The van der Waals surface area contributed by atoms with Crippen molar-refractivity contribution in [2.75, 3.05) is 26.3 Å². The van der Waals surface area contributed by atoms with E-state index in [0.717, 1.165) is 5.56 Å². The largest absolute Gasteiger partial charge is 0.381 e. The van der Waals surface area contributed by atoms with E-state index in [0.29, 0.717) is 44.7 Å². The Bertz CT molecular complexity index is 528. The summed E-state index contributed by atoms with van der Waals surface area (Å²) in [6, 6.07) is 7.33. The molecule has 6 nitrogen and oxygen atoms in total. The van der Waals surface area contributed by atoms with Gasteiger partial charge in [-0.2, -0.15) is 0 Å². The predicted octanol–water partition coefficient (Wildman–Crippen LogP) is 0.771. The molecule has 1 saturated heterocycles. The van der Waals surface area contributed by atoms with Gasteiger partial charge in [0.25, 0.3) is 5.91 Å². The number of aryl methyl sites for hydroxylation is 1. The van der Waals surface area contributed by atoms with Gasteiger partial charge in [-0.3, -0.25) is 9.59 Å². The molecule has 7 heteroatoms. The summed E-state index contributed by atoms with van der Waals surface area (Å²) in [5.74, 6) is -0.330. The van der Waals surface area contributed by atoms with Crippen LogP contribution in [0.2, 0.25) is 0 Å². The third-order valence-electron chi connectivity index (χ3n) is 3.85. The lowest BCUT2D eigenvalue weighted by Gasteiger charge is -2.31. The second-order valence-electron chi connectivity index (χ2n) is 5.65. The minimum atomic E-state index is -0.848. The smallest absolute Gasteiger partial charge is 0.251 e. The molecule has 0 spiro atoms. The van der Waals surface area contributed by atoms with Crippen LogP contribution in [0.15, 0.2) is 24.3 Å². The van der Waals surface area contributed by atoms with Crippen LogP contribution in [-0.2, 0) is 9.53 Å². The molecule has 4 N–H and O–H groups in total. The summed E-state index contributed by atoms with van der Waals surface area (Å²) >= 11 is 0. The predicted molar refractivity (Wildman–Crippen MR) is 90.7 cm³/mol. The highest BCUT2D eigenvalue weighted by molar-refractivity contribution is 5.94. The van der Waals surface area contributed by atoms with Crippen molar-refractivity contribution >= 4 is 24.2 Å². The quantitative estimate of drug-likeness (QED) is 0.690. The molecule has 0 unspecified atom stereocenters. The van der Waals surface area contributed by atoms with Gasteiger partial charge in [-0.1, -0.05) is 17.7 Å². The van der Waals surface area contributed by atoms with Crippen molar-refractivity contribution in [1.29, 1.82) is 0 Å². The third kappa shape index (κ3) is 5.49. The first-order chi connectivity index (χ1) is 10.5. The van der Waals surface area contributed by atoms with E-state index in [9.17, 15) is 9.59 Å². The van der Waals surface area contributed by atoms with Gasteiger partial charge in [0.1, 0.15) is 0 Å². The molecule has 1 heterocycles. The lowest BCUT2D eigenvalue weighted by Crippen LogP contribution is -2.57. The van der Waals surface area contributed by atoms with Crippen LogP contribution < -0.4 is 16.4 Å². The standard InChI is InChI=1S/C16H23N3O3.ClH/c1-12-2-4-13(5-3-12)14(20)18-8-9-19-15(21)16(17)6-10-22-11-7-16;/h2-5H,6-11,17H2,1H3,(H,18,20)(H,19,21);1H. The summed E-state index contributed by atoms with van der Waals surface area (Å²) in [4.78, 5) is 24.0. The molecule has 128 valence electrons. The molecule has 2 amide bonds. The molecule has 1 aromatic rings. The molecule has 0 aromatic heterocycles. The highest BCUT2D eigenvalue weighted by Gasteiger charge is 2.35. The molecular weight excluding hydrogens is 318 g/mol. The first-order valence-electron chi connectivity index (χ1n) is 7.51. The van der Waals surface area contributed by atoms with Crippen LogP contribution in [0, 0.1) is 6.92 Å². The SMILES string of the molecule is Cc1ccc(C(=O)NCCNC(=O)C2(N)CCOCC2)cc1.Cl. The Hall–Kier alpha value is -1.63. The van der Waals surface area contributed by atoms with Gasteiger partial charge >= 0.3 is 0 Å². The minimum absolute atomic E-state index is 0. The van der Waals surface area contributed by atoms with Gasteiger partial charge in [0.2, 0.25) is 5.91 Å². The normalized spacial score (nSPS) is 16.1. The zero-order chi connectivity index (χ0) is 16.0. The summed E-state index contributed by atoms with van der Waals surface area (Å²) in [6.45, 7) is 3.71. The number of rotatable bonds is 5. The highest BCUT2D eigenvalue weighted by Crippen LogP contribution is 2.17. The summed E-state index contributed by atoms with van der Waals surface area (Å²) in [6.07, 6.45) is 1.04. The number of hydrogen-bond acceptors (Lipinski definition) is 4. The Morgan fingerprint density at radius 3 is 2.30 bits per heavy atom.